The van der Waals surface area contributed by atoms with Gasteiger partial charge in [0.2, 0.25) is 0 Å². The first-order valence-corrected chi connectivity index (χ1v) is 4.77. The van der Waals surface area contributed by atoms with Gasteiger partial charge in [-0.15, -0.1) is 0 Å². The highest BCUT2D eigenvalue weighted by molar-refractivity contribution is 5.33. The van der Waals surface area contributed by atoms with Gasteiger partial charge in [0.05, 0.1) is 5.60 Å². The minimum Gasteiger partial charge on any atom is -0.386 e. The maximum atomic E-state index is 9.80. The number of rotatable bonds is 2. The highest BCUT2D eigenvalue weighted by atomic mass is 16.3. The Labute approximate surface area is 80.4 Å². The van der Waals surface area contributed by atoms with Crippen molar-refractivity contribution < 1.29 is 5.11 Å². The molecule has 0 atom stereocenters. The number of aliphatic hydroxyl groups is 1. The largest absolute Gasteiger partial charge is 0.386 e. The number of aryl methyl sites for hydroxylation is 2. The lowest BCUT2D eigenvalue weighted by Crippen LogP contribution is -2.15. The molecule has 1 nitrogen and oxygen atoms in total. The summed E-state index contributed by atoms with van der Waals surface area (Å²) in [5, 5.41) is 9.80. The van der Waals surface area contributed by atoms with Crippen molar-refractivity contribution in [3.8, 4) is 0 Å². The van der Waals surface area contributed by atoms with Gasteiger partial charge >= 0.3 is 0 Å². The summed E-state index contributed by atoms with van der Waals surface area (Å²) < 4.78 is 0. The van der Waals surface area contributed by atoms with Crippen LogP contribution in [0, 0.1) is 6.92 Å². The SMILES string of the molecule is CCc1cc(C(C)(C)O)ccc1C. The zero-order chi connectivity index (χ0) is 10.1. The fourth-order valence-corrected chi connectivity index (χ4v) is 1.43. The van der Waals surface area contributed by atoms with Crippen LogP contribution in [0.15, 0.2) is 18.2 Å². The van der Waals surface area contributed by atoms with Gasteiger partial charge in [0.1, 0.15) is 0 Å². The zero-order valence-electron chi connectivity index (χ0n) is 8.89. The Morgan fingerprint density at radius 3 is 2.38 bits per heavy atom. The van der Waals surface area contributed by atoms with E-state index in [4.69, 9.17) is 0 Å². The molecule has 13 heavy (non-hydrogen) atoms. The molecule has 1 rings (SSSR count). The van der Waals surface area contributed by atoms with E-state index in [1.54, 1.807) is 0 Å². The van der Waals surface area contributed by atoms with Crippen LogP contribution in [0.1, 0.15) is 37.5 Å². The van der Waals surface area contributed by atoms with Gasteiger partial charge < -0.3 is 5.11 Å². The lowest BCUT2D eigenvalue weighted by molar-refractivity contribution is 0.0785. The van der Waals surface area contributed by atoms with Crippen molar-refractivity contribution in [1.29, 1.82) is 0 Å². The van der Waals surface area contributed by atoms with Crippen molar-refractivity contribution in [2.75, 3.05) is 0 Å². The summed E-state index contributed by atoms with van der Waals surface area (Å²) in [6.07, 6.45) is 1.02. The van der Waals surface area contributed by atoms with Crippen LogP contribution in [-0.2, 0) is 12.0 Å². The molecule has 0 aromatic heterocycles. The van der Waals surface area contributed by atoms with Crippen molar-refractivity contribution >= 4 is 0 Å². The van der Waals surface area contributed by atoms with Gasteiger partial charge in [-0.3, -0.25) is 0 Å². The first-order chi connectivity index (χ1) is 5.95. The first-order valence-electron chi connectivity index (χ1n) is 4.77. The zero-order valence-corrected chi connectivity index (χ0v) is 8.89. The highest BCUT2D eigenvalue weighted by Crippen LogP contribution is 2.22. The molecule has 0 fully saturated rings. The predicted octanol–water partition coefficient (Wildman–Crippen LogP) is 2.78. The van der Waals surface area contributed by atoms with E-state index < -0.39 is 5.60 Å². The van der Waals surface area contributed by atoms with Crippen LogP contribution in [0.25, 0.3) is 0 Å². The Balaban J connectivity index is 3.14. The van der Waals surface area contributed by atoms with Gasteiger partial charge in [0, 0.05) is 0 Å². The minimum atomic E-state index is -0.725. The van der Waals surface area contributed by atoms with Gasteiger partial charge in [-0.1, -0.05) is 25.1 Å². The fraction of sp³-hybridized carbons (Fsp3) is 0.500. The lowest BCUT2D eigenvalue weighted by atomic mass is 9.94. The molecule has 1 heteroatoms. The van der Waals surface area contributed by atoms with Crippen LogP contribution >= 0.6 is 0 Å². The molecule has 1 aromatic carbocycles. The molecule has 0 radical (unpaired) electrons. The summed E-state index contributed by atoms with van der Waals surface area (Å²) in [5.74, 6) is 0. The Morgan fingerprint density at radius 2 is 1.92 bits per heavy atom. The maximum absolute atomic E-state index is 9.80. The van der Waals surface area contributed by atoms with E-state index >= 15 is 0 Å². The Kier molecular flexibility index (Phi) is 2.77. The van der Waals surface area contributed by atoms with E-state index in [-0.39, 0.29) is 0 Å². The van der Waals surface area contributed by atoms with E-state index in [0.29, 0.717) is 0 Å². The monoisotopic (exact) mass is 178 g/mol. The number of hydrogen-bond acceptors (Lipinski definition) is 1. The molecule has 1 N–H and O–H groups in total. The average Bonchev–Trinajstić information content (AvgIpc) is 2.03. The molecule has 0 spiro atoms. The smallest absolute Gasteiger partial charge is 0.0840 e. The minimum absolute atomic E-state index is 0.725. The Morgan fingerprint density at radius 1 is 1.31 bits per heavy atom. The van der Waals surface area contributed by atoms with E-state index in [1.165, 1.54) is 11.1 Å². The fourth-order valence-electron chi connectivity index (χ4n) is 1.43. The second-order valence-electron chi connectivity index (χ2n) is 4.05. The number of hydrogen-bond donors (Lipinski definition) is 1. The van der Waals surface area contributed by atoms with Gasteiger partial charge in [-0.05, 0) is 43.9 Å². The normalized spacial score (nSPS) is 11.8. The second-order valence-corrected chi connectivity index (χ2v) is 4.05. The second kappa shape index (κ2) is 3.51. The molecule has 0 unspecified atom stereocenters. The molecule has 0 aliphatic rings. The molecular weight excluding hydrogens is 160 g/mol. The van der Waals surface area contributed by atoms with Crippen molar-refractivity contribution in [2.24, 2.45) is 0 Å². The summed E-state index contributed by atoms with van der Waals surface area (Å²) in [5.41, 5.74) is 2.89. The van der Waals surface area contributed by atoms with Crippen molar-refractivity contribution in [2.45, 2.75) is 39.7 Å². The van der Waals surface area contributed by atoms with Gasteiger partial charge in [-0.25, -0.2) is 0 Å². The van der Waals surface area contributed by atoms with Crippen LogP contribution in [0.2, 0.25) is 0 Å². The van der Waals surface area contributed by atoms with E-state index in [2.05, 4.69) is 26.0 Å². The van der Waals surface area contributed by atoms with E-state index in [1.807, 2.05) is 19.9 Å². The van der Waals surface area contributed by atoms with Crippen LogP contribution in [0.5, 0.6) is 0 Å². The summed E-state index contributed by atoms with van der Waals surface area (Å²) in [4.78, 5) is 0. The molecule has 0 bridgehead atoms. The molecule has 0 heterocycles. The molecule has 0 saturated heterocycles. The van der Waals surface area contributed by atoms with E-state index in [9.17, 15) is 5.11 Å². The molecular formula is C12H18O. The van der Waals surface area contributed by atoms with Crippen LogP contribution in [0.3, 0.4) is 0 Å². The van der Waals surface area contributed by atoms with Crippen LogP contribution in [0.4, 0.5) is 0 Å². The van der Waals surface area contributed by atoms with Gasteiger partial charge in [-0.2, -0.15) is 0 Å². The molecule has 1 aromatic rings. The average molecular weight is 178 g/mol. The number of benzene rings is 1. The first kappa shape index (κ1) is 10.3. The van der Waals surface area contributed by atoms with Crippen molar-refractivity contribution in [3.05, 3.63) is 34.9 Å². The van der Waals surface area contributed by atoms with Gasteiger partial charge in [0.15, 0.2) is 0 Å². The quantitative estimate of drug-likeness (QED) is 0.738. The van der Waals surface area contributed by atoms with Crippen molar-refractivity contribution in [3.63, 3.8) is 0 Å². The van der Waals surface area contributed by atoms with Crippen LogP contribution < -0.4 is 0 Å². The standard InChI is InChI=1S/C12H18O/c1-5-10-8-11(12(3,4)13)7-6-9(10)2/h6-8,13H,5H2,1-4H3. The molecule has 0 aliphatic carbocycles. The molecule has 0 aliphatic heterocycles. The summed E-state index contributed by atoms with van der Waals surface area (Å²) in [6.45, 7) is 7.87. The third-order valence-electron chi connectivity index (χ3n) is 2.44. The molecule has 0 saturated carbocycles. The third kappa shape index (κ3) is 2.31. The molecule has 0 amide bonds. The third-order valence-corrected chi connectivity index (χ3v) is 2.44. The summed E-state index contributed by atoms with van der Waals surface area (Å²) in [6, 6.07) is 6.16. The summed E-state index contributed by atoms with van der Waals surface area (Å²) in [7, 11) is 0. The predicted molar refractivity (Wildman–Crippen MR) is 55.8 cm³/mol. The van der Waals surface area contributed by atoms with Crippen molar-refractivity contribution in [1.82, 2.24) is 0 Å². The highest BCUT2D eigenvalue weighted by Gasteiger charge is 2.16. The Hall–Kier alpha value is -0.820. The maximum Gasteiger partial charge on any atom is 0.0840 e. The summed E-state index contributed by atoms with van der Waals surface area (Å²) >= 11 is 0. The lowest BCUT2D eigenvalue weighted by Gasteiger charge is -2.19. The van der Waals surface area contributed by atoms with Gasteiger partial charge in [0.25, 0.3) is 0 Å². The topological polar surface area (TPSA) is 20.2 Å². The van der Waals surface area contributed by atoms with Crippen LogP contribution in [-0.4, -0.2) is 5.11 Å². The molecule has 72 valence electrons. The Bertz CT molecular complexity index is 294. The van der Waals surface area contributed by atoms with E-state index in [0.717, 1.165) is 12.0 Å².